The van der Waals surface area contributed by atoms with E-state index in [-0.39, 0.29) is 16.7 Å². The molecule has 2 rings (SSSR count). The molecule has 2 fully saturated rings. The van der Waals surface area contributed by atoms with Gasteiger partial charge >= 0.3 is 0 Å². The van der Waals surface area contributed by atoms with Gasteiger partial charge in [-0.05, 0) is 44.2 Å². The van der Waals surface area contributed by atoms with Crippen LogP contribution in [0.15, 0.2) is 0 Å². The van der Waals surface area contributed by atoms with Crippen molar-refractivity contribution in [3.05, 3.63) is 0 Å². The molecule has 1 amide bonds. The lowest BCUT2D eigenvalue weighted by atomic mass is 9.78. The van der Waals surface area contributed by atoms with Crippen LogP contribution in [0.5, 0.6) is 0 Å². The van der Waals surface area contributed by atoms with Crippen molar-refractivity contribution < 1.29 is 4.79 Å². The minimum absolute atomic E-state index is 0.171. The molecule has 4 nitrogen and oxygen atoms in total. The highest BCUT2D eigenvalue weighted by molar-refractivity contribution is 5.85. The zero-order valence-corrected chi connectivity index (χ0v) is 12.0. The summed E-state index contributed by atoms with van der Waals surface area (Å²) in [6.07, 6.45) is 3.16. The number of hydrogen-bond acceptors (Lipinski definition) is 3. The van der Waals surface area contributed by atoms with Gasteiger partial charge in [0.25, 0.3) is 0 Å². The average Bonchev–Trinajstić information content (AvgIpc) is 3.02. The Bertz CT molecular complexity index is 323. The Hall–Kier alpha value is -0.610. The Morgan fingerprint density at radius 1 is 1.50 bits per heavy atom. The van der Waals surface area contributed by atoms with Crippen LogP contribution in [0.3, 0.4) is 0 Å². The molecule has 104 valence electrons. The second-order valence-electron chi connectivity index (χ2n) is 6.90. The summed E-state index contributed by atoms with van der Waals surface area (Å²) in [6, 6.07) is 0. The average molecular weight is 253 g/mol. The van der Waals surface area contributed by atoms with Gasteiger partial charge < -0.3 is 16.0 Å². The van der Waals surface area contributed by atoms with E-state index in [0.717, 1.165) is 25.9 Å². The Morgan fingerprint density at radius 3 is 2.61 bits per heavy atom. The second kappa shape index (κ2) is 4.82. The number of rotatable bonds is 5. The Labute approximate surface area is 110 Å². The number of nitrogens with one attached hydrogen (secondary N) is 1. The van der Waals surface area contributed by atoms with E-state index >= 15 is 0 Å². The van der Waals surface area contributed by atoms with Crippen LogP contribution in [-0.4, -0.2) is 44.0 Å². The van der Waals surface area contributed by atoms with E-state index in [2.05, 4.69) is 31.1 Å². The van der Waals surface area contributed by atoms with E-state index in [1.807, 2.05) is 0 Å². The molecule has 3 N–H and O–H groups in total. The lowest BCUT2D eigenvalue weighted by Gasteiger charge is -2.32. The first-order valence-corrected chi connectivity index (χ1v) is 7.06. The van der Waals surface area contributed by atoms with Gasteiger partial charge in [-0.3, -0.25) is 4.79 Å². The lowest BCUT2D eigenvalue weighted by Crippen LogP contribution is -2.44. The molecule has 4 heteroatoms. The molecule has 0 aromatic carbocycles. The van der Waals surface area contributed by atoms with Crippen molar-refractivity contribution in [1.29, 1.82) is 0 Å². The molecule has 1 saturated heterocycles. The van der Waals surface area contributed by atoms with Crippen LogP contribution in [0.25, 0.3) is 0 Å². The molecule has 1 aliphatic heterocycles. The van der Waals surface area contributed by atoms with Crippen molar-refractivity contribution in [1.82, 2.24) is 10.2 Å². The second-order valence-corrected chi connectivity index (χ2v) is 6.90. The first-order chi connectivity index (χ1) is 8.39. The van der Waals surface area contributed by atoms with E-state index < -0.39 is 0 Å². The molecule has 2 aliphatic rings. The summed E-state index contributed by atoms with van der Waals surface area (Å²) in [6.45, 7) is 8.11. The fourth-order valence-corrected chi connectivity index (χ4v) is 2.89. The summed E-state index contributed by atoms with van der Waals surface area (Å²) in [7, 11) is 2.17. The van der Waals surface area contributed by atoms with Gasteiger partial charge in [-0.2, -0.15) is 0 Å². The molecule has 1 saturated carbocycles. The third-order valence-corrected chi connectivity index (χ3v) is 4.93. The molecular formula is C14H27N3O. The molecule has 1 atom stereocenters. The van der Waals surface area contributed by atoms with Crippen molar-refractivity contribution in [2.75, 3.05) is 33.2 Å². The summed E-state index contributed by atoms with van der Waals surface area (Å²) < 4.78 is 0. The monoisotopic (exact) mass is 253 g/mol. The fourth-order valence-electron chi connectivity index (χ4n) is 2.89. The van der Waals surface area contributed by atoms with Crippen molar-refractivity contribution in [3.63, 3.8) is 0 Å². The molecule has 0 aromatic rings. The van der Waals surface area contributed by atoms with E-state index in [9.17, 15) is 4.79 Å². The van der Waals surface area contributed by atoms with E-state index in [4.69, 9.17) is 5.73 Å². The molecule has 1 heterocycles. The number of carbonyl (C=O) groups excluding carboxylic acids is 1. The van der Waals surface area contributed by atoms with Gasteiger partial charge in [0.2, 0.25) is 5.91 Å². The number of amides is 1. The first-order valence-electron chi connectivity index (χ1n) is 7.06. The van der Waals surface area contributed by atoms with Gasteiger partial charge in [-0.15, -0.1) is 0 Å². The summed E-state index contributed by atoms with van der Waals surface area (Å²) >= 11 is 0. The van der Waals surface area contributed by atoms with E-state index in [1.165, 1.54) is 13.0 Å². The minimum atomic E-state index is -0.220. The summed E-state index contributed by atoms with van der Waals surface area (Å²) in [5, 5.41) is 3.13. The van der Waals surface area contributed by atoms with Crippen molar-refractivity contribution in [3.8, 4) is 0 Å². The van der Waals surface area contributed by atoms with Gasteiger partial charge in [0.05, 0.1) is 5.41 Å². The molecule has 18 heavy (non-hydrogen) atoms. The number of likely N-dealkylation sites (tertiary alicyclic amines) is 1. The largest absolute Gasteiger partial charge is 0.355 e. The van der Waals surface area contributed by atoms with Crippen LogP contribution in [0.4, 0.5) is 0 Å². The van der Waals surface area contributed by atoms with Crippen LogP contribution in [0.2, 0.25) is 0 Å². The highest BCUT2D eigenvalue weighted by Crippen LogP contribution is 2.45. The maximum absolute atomic E-state index is 12.1. The topological polar surface area (TPSA) is 58.4 Å². The van der Waals surface area contributed by atoms with Crippen LogP contribution in [0, 0.1) is 16.7 Å². The Kier molecular flexibility index (Phi) is 3.70. The van der Waals surface area contributed by atoms with Gasteiger partial charge in [-0.25, -0.2) is 0 Å². The van der Waals surface area contributed by atoms with Gasteiger partial charge in [0.15, 0.2) is 0 Å². The van der Waals surface area contributed by atoms with Crippen molar-refractivity contribution in [2.45, 2.75) is 33.1 Å². The summed E-state index contributed by atoms with van der Waals surface area (Å²) in [5.41, 5.74) is 5.63. The molecule has 0 bridgehead atoms. The molecule has 0 radical (unpaired) electrons. The quantitative estimate of drug-likeness (QED) is 0.762. The molecule has 0 spiro atoms. The predicted octanol–water partition coefficient (Wildman–Crippen LogP) is 0.819. The summed E-state index contributed by atoms with van der Waals surface area (Å²) in [4.78, 5) is 14.5. The number of hydrogen-bond donors (Lipinski definition) is 2. The van der Waals surface area contributed by atoms with Gasteiger partial charge in [0.1, 0.15) is 0 Å². The van der Waals surface area contributed by atoms with Crippen LogP contribution >= 0.6 is 0 Å². The van der Waals surface area contributed by atoms with Crippen LogP contribution < -0.4 is 11.1 Å². The normalized spacial score (nSPS) is 27.2. The highest BCUT2D eigenvalue weighted by atomic mass is 16.2. The SMILES string of the molecule is CN1CCC(C(C)(C)CNC(=O)C2(CN)CC2)C1. The maximum atomic E-state index is 12.1. The number of nitrogens with zero attached hydrogens (tertiary/aromatic N) is 1. The van der Waals surface area contributed by atoms with Crippen molar-refractivity contribution >= 4 is 5.91 Å². The zero-order valence-electron chi connectivity index (χ0n) is 12.0. The number of carbonyl (C=O) groups is 1. The smallest absolute Gasteiger partial charge is 0.227 e. The van der Waals surface area contributed by atoms with Crippen LogP contribution in [-0.2, 0) is 4.79 Å². The standard InChI is InChI=1S/C14H27N3O/c1-13(2,11-4-7-17(3)8-11)10-16-12(18)14(9-15)5-6-14/h11H,4-10,15H2,1-3H3,(H,16,18). The third-order valence-electron chi connectivity index (χ3n) is 4.93. The first kappa shape index (κ1) is 13.8. The maximum Gasteiger partial charge on any atom is 0.227 e. The van der Waals surface area contributed by atoms with Crippen LogP contribution in [0.1, 0.15) is 33.1 Å². The van der Waals surface area contributed by atoms with E-state index in [0.29, 0.717) is 12.5 Å². The van der Waals surface area contributed by atoms with Gasteiger partial charge in [0, 0.05) is 19.6 Å². The van der Waals surface area contributed by atoms with E-state index in [1.54, 1.807) is 0 Å². The lowest BCUT2D eigenvalue weighted by molar-refractivity contribution is -0.126. The minimum Gasteiger partial charge on any atom is -0.355 e. The fraction of sp³-hybridized carbons (Fsp3) is 0.929. The number of nitrogens with two attached hydrogens (primary N) is 1. The molecule has 1 aliphatic carbocycles. The summed E-state index contributed by atoms with van der Waals surface area (Å²) in [5.74, 6) is 0.847. The molecule has 1 unspecified atom stereocenters. The highest BCUT2D eigenvalue weighted by Gasteiger charge is 2.48. The predicted molar refractivity (Wildman–Crippen MR) is 73.1 cm³/mol. The Balaban J connectivity index is 1.83. The Morgan fingerprint density at radius 2 is 2.17 bits per heavy atom. The molecular weight excluding hydrogens is 226 g/mol. The van der Waals surface area contributed by atoms with Crippen molar-refractivity contribution in [2.24, 2.45) is 22.5 Å². The molecule has 0 aromatic heterocycles. The van der Waals surface area contributed by atoms with Gasteiger partial charge in [-0.1, -0.05) is 13.8 Å². The zero-order chi connectivity index (χ0) is 13.4. The third kappa shape index (κ3) is 2.69.